The lowest BCUT2D eigenvalue weighted by atomic mass is 9.91. The molecule has 0 saturated heterocycles. The van der Waals surface area contributed by atoms with E-state index in [4.69, 9.17) is 33.0 Å². The maximum atomic E-state index is 14.1. The molecule has 0 bridgehead atoms. The number of halogens is 9. The van der Waals surface area contributed by atoms with Crippen LogP contribution in [0.15, 0.2) is 72.8 Å². The molecule has 15 heteroatoms. The van der Waals surface area contributed by atoms with Gasteiger partial charge in [-0.25, -0.2) is 31.1 Å². The molecule has 0 fully saturated rings. The SMILES string of the molecule is CC(Br)C(=O)c1ccc(Cl)cc1.CC1(O)OC(=O)C(c2c(F)cc(F)cc2F)=C1c1ccc(Cl)cc1.O=C(O)Cc1c(F)cc(F)cc1F. The van der Waals surface area contributed by atoms with Crippen LogP contribution in [0.5, 0.6) is 0 Å². The topological polar surface area (TPSA) is 101 Å². The number of hydrogen-bond acceptors (Lipinski definition) is 5. The lowest BCUT2D eigenvalue weighted by molar-refractivity contribution is -0.169. The van der Waals surface area contributed by atoms with Crippen molar-refractivity contribution in [3.63, 3.8) is 0 Å². The second kappa shape index (κ2) is 16.5. The first kappa shape index (κ1) is 39.3. The highest BCUT2D eigenvalue weighted by Crippen LogP contribution is 2.44. The summed E-state index contributed by atoms with van der Waals surface area (Å²) in [6.45, 7) is 2.97. The van der Waals surface area contributed by atoms with Crippen LogP contribution in [0.4, 0.5) is 26.3 Å². The lowest BCUT2D eigenvalue weighted by Gasteiger charge is -2.20. The van der Waals surface area contributed by atoms with E-state index in [9.17, 15) is 45.8 Å². The maximum absolute atomic E-state index is 14.1. The summed E-state index contributed by atoms with van der Waals surface area (Å²) in [5, 5.41) is 19.7. The standard InChI is InChI=1S/C17H10ClF3O3.C9H8BrClO.C8H5F3O2/c1-17(23)15(8-2-4-9(18)5-3-8)14(16(22)24-17)13-11(20)6-10(19)7-12(13)21;1-6(10)9(12)7-2-4-8(11)5-3-7;9-4-1-6(10)5(3-8(12)13)7(11)2-4/h2-7,23H,1H3;2-6H,1H3;1-2H,3H2,(H,12,13). The number of benzene rings is 4. The van der Waals surface area contributed by atoms with E-state index in [-0.39, 0.29) is 21.7 Å². The Labute approximate surface area is 293 Å². The largest absolute Gasteiger partial charge is 0.481 e. The van der Waals surface area contributed by atoms with Crippen LogP contribution in [0.2, 0.25) is 10.0 Å². The molecule has 0 aromatic heterocycles. The summed E-state index contributed by atoms with van der Waals surface area (Å²) < 4.78 is 84.0. The highest BCUT2D eigenvalue weighted by atomic mass is 79.9. The van der Waals surface area contributed by atoms with Gasteiger partial charge in [0.1, 0.15) is 34.9 Å². The molecule has 2 unspecified atom stereocenters. The van der Waals surface area contributed by atoms with Gasteiger partial charge in [-0.3, -0.25) is 9.59 Å². The second-order valence-corrected chi connectivity index (χ2v) is 12.5. The fraction of sp³-hybridized carbons (Fsp3) is 0.147. The number of carbonyl (C=O) groups is 3. The van der Waals surface area contributed by atoms with Crippen molar-refractivity contribution in [1.82, 2.24) is 0 Å². The van der Waals surface area contributed by atoms with Crippen LogP contribution in [0.1, 0.15) is 40.9 Å². The van der Waals surface area contributed by atoms with Gasteiger partial charge in [0.2, 0.25) is 5.79 Å². The van der Waals surface area contributed by atoms with Crippen LogP contribution in [-0.2, 0) is 20.7 Å². The molecule has 1 aliphatic rings. The highest BCUT2D eigenvalue weighted by Gasteiger charge is 2.45. The number of carboxylic acid groups (broad SMARTS) is 1. The molecule has 1 aliphatic heterocycles. The zero-order valence-corrected chi connectivity index (χ0v) is 28.2. The quantitative estimate of drug-likeness (QED) is 0.0876. The first-order chi connectivity index (χ1) is 22.8. The summed E-state index contributed by atoms with van der Waals surface area (Å²) >= 11 is 14.7. The summed E-state index contributed by atoms with van der Waals surface area (Å²) in [5.41, 5.74) is -1.05. The third-order valence-electron chi connectivity index (χ3n) is 6.52. The summed E-state index contributed by atoms with van der Waals surface area (Å²) in [7, 11) is 0. The average molecular weight is 792 g/mol. The smallest absolute Gasteiger partial charge is 0.342 e. The van der Waals surface area contributed by atoms with Crippen LogP contribution in [0.3, 0.4) is 0 Å². The third-order valence-corrected chi connectivity index (χ3v) is 7.44. The Bertz CT molecular complexity index is 1870. The number of hydrogen-bond donors (Lipinski definition) is 2. The molecular formula is C34H23BrCl2F6O6. The monoisotopic (exact) mass is 790 g/mol. The van der Waals surface area contributed by atoms with Crippen molar-refractivity contribution >= 4 is 68.0 Å². The predicted molar refractivity (Wildman–Crippen MR) is 173 cm³/mol. The molecule has 1 heterocycles. The van der Waals surface area contributed by atoms with Gasteiger partial charge in [-0.15, -0.1) is 0 Å². The van der Waals surface area contributed by atoms with Crippen LogP contribution in [0, 0.1) is 34.9 Å². The second-order valence-electron chi connectivity index (χ2n) is 10.3. The van der Waals surface area contributed by atoms with Gasteiger partial charge in [0.05, 0.1) is 22.4 Å². The van der Waals surface area contributed by atoms with E-state index in [2.05, 4.69) is 15.9 Å². The Kier molecular flexibility index (Phi) is 13.2. The minimum absolute atomic E-state index is 0.0756. The number of ketones is 1. The molecule has 49 heavy (non-hydrogen) atoms. The molecule has 258 valence electrons. The number of cyclic esters (lactones) is 1. The number of carbonyl (C=O) groups excluding carboxylic acids is 2. The normalized spacial score (nSPS) is 15.8. The molecule has 2 N–H and O–H groups in total. The first-order valence-corrected chi connectivity index (χ1v) is 15.4. The van der Waals surface area contributed by atoms with Crippen molar-refractivity contribution in [3.8, 4) is 0 Å². The summed E-state index contributed by atoms with van der Waals surface area (Å²) in [6.07, 6.45) is -0.794. The molecule has 2 atom stereocenters. The van der Waals surface area contributed by atoms with Gasteiger partial charge in [0, 0.05) is 57.9 Å². The van der Waals surface area contributed by atoms with Gasteiger partial charge in [-0.05, 0) is 48.9 Å². The minimum atomic E-state index is -2.10. The fourth-order valence-electron chi connectivity index (χ4n) is 4.39. The van der Waals surface area contributed by atoms with E-state index in [1.54, 1.807) is 31.2 Å². The molecule has 0 radical (unpaired) electrons. The van der Waals surface area contributed by atoms with E-state index in [1.165, 1.54) is 31.2 Å². The summed E-state index contributed by atoms with van der Waals surface area (Å²) in [5.74, 6) is -11.6. The molecule has 5 rings (SSSR count). The molecule has 0 spiro atoms. The number of alkyl halides is 1. The van der Waals surface area contributed by atoms with E-state index in [0.717, 1.165) is 0 Å². The molecule has 4 aromatic rings. The Balaban J connectivity index is 0.000000220. The van der Waals surface area contributed by atoms with Gasteiger partial charge in [-0.1, -0.05) is 51.3 Å². The van der Waals surface area contributed by atoms with E-state index < -0.39 is 75.7 Å². The average Bonchev–Trinajstić information content (AvgIpc) is 3.23. The Morgan fingerprint density at radius 1 is 0.816 bits per heavy atom. The lowest BCUT2D eigenvalue weighted by Crippen LogP contribution is -2.26. The molecule has 0 saturated carbocycles. The van der Waals surface area contributed by atoms with Gasteiger partial charge in [0.25, 0.3) is 0 Å². The number of ether oxygens (including phenoxy) is 1. The van der Waals surface area contributed by atoms with Crippen LogP contribution in [0.25, 0.3) is 11.1 Å². The highest BCUT2D eigenvalue weighted by molar-refractivity contribution is 9.10. The molecule has 4 aromatic carbocycles. The van der Waals surface area contributed by atoms with Gasteiger partial charge in [-0.2, -0.15) is 0 Å². The number of rotatable bonds is 6. The van der Waals surface area contributed by atoms with Gasteiger partial charge in [0.15, 0.2) is 5.78 Å². The van der Waals surface area contributed by atoms with E-state index >= 15 is 0 Å². The van der Waals surface area contributed by atoms with E-state index in [0.29, 0.717) is 39.9 Å². The van der Waals surface area contributed by atoms with Crippen LogP contribution in [-0.4, -0.2) is 38.5 Å². The number of aliphatic hydroxyl groups is 1. The Hall–Kier alpha value is -4.17. The zero-order valence-electron chi connectivity index (χ0n) is 25.1. The minimum Gasteiger partial charge on any atom is -0.481 e. The van der Waals surface area contributed by atoms with Crippen LogP contribution >= 0.6 is 39.1 Å². The van der Waals surface area contributed by atoms with Gasteiger partial charge >= 0.3 is 11.9 Å². The van der Waals surface area contributed by atoms with Crippen molar-refractivity contribution in [2.45, 2.75) is 30.9 Å². The van der Waals surface area contributed by atoms with Gasteiger partial charge < -0.3 is 14.9 Å². The van der Waals surface area contributed by atoms with Crippen LogP contribution < -0.4 is 0 Å². The Morgan fingerprint density at radius 3 is 1.67 bits per heavy atom. The zero-order chi connectivity index (χ0) is 36.8. The molecule has 0 aliphatic carbocycles. The summed E-state index contributed by atoms with van der Waals surface area (Å²) in [6, 6.07) is 14.6. The summed E-state index contributed by atoms with van der Waals surface area (Å²) in [4.78, 5) is 33.5. The number of esters is 1. The van der Waals surface area contributed by atoms with Crippen molar-refractivity contribution in [2.75, 3.05) is 0 Å². The third kappa shape index (κ3) is 10.2. The first-order valence-electron chi connectivity index (χ1n) is 13.7. The number of aliphatic carboxylic acids is 1. The Morgan fingerprint density at radius 2 is 1.24 bits per heavy atom. The van der Waals surface area contributed by atoms with Crippen molar-refractivity contribution in [2.24, 2.45) is 0 Å². The maximum Gasteiger partial charge on any atom is 0.342 e. The fourth-order valence-corrected chi connectivity index (χ4v) is 4.91. The van der Waals surface area contributed by atoms with Crippen molar-refractivity contribution < 1.29 is 55.7 Å². The van der Waals surface area contributed by atoms with Crippen molar-refractivity contribution in [1.29, 1.82) is 0 Å². The number of Topliss-reactive ketones (excluding diaryl/α,β-unsaturated/α-hetero) is 1. The molecular weight excluding hydrogens is 769 g/mol. The molecule has 0 amide bonds. The predicted octanol–water partition coefficient (Wildman–Crippen LogP) is 8.97. The van der Waals surface area contributed by atoms with Crippen molar-refractivity contribution in [3.05, 3.63) is 140 Å². The number of carboxylic acids is 1. The molecule has 6 nitrogen and oxygen atoms in total. The van der Waals surface area contributed by atoms with E-state index in [1.807, 2.05) is 0 Å².